The fourth-order valence-electron chi connectivity index (χ4n) is 2.07. The molecule has 0 saturated carbocycles. The highest BCUT2D eigenvalue weighted by molar-refractivity contribution is 7.20. The highest BCUT2D eigenvalue weighted by Gasteiger charge is 2.19. The Morgan fingerprint density at radius 3 is 2.84 bits per heavy atom. The van der Waals surface area contributed by atoms with Gasteiger partial charge >= 0.3 is 6.01 Å². The molecule has 0 saturated heterocycles. The number of nitrogens with zero attached hydrogens (tertiary/aromatic N) is 3. The molecule has 0 radical (unpaired) electrons. The van der Waals surface area contributed by atoms with Crippen LogP contribution in [0.5, 0.6) is 0 Å². The third kappa shape index (κ3) is 3.12. The first-order valence-corrected chi connectivity index (χ1v) is 8.70. The van der Waals surface area contributed by atoms with E-state index in [4.69, 9.17) is 4.42 Å². The molecule has 0 aromatic carbocycles. The third-order valence-electron chi connectivity index (χ3n) is 3.17. The van der Waals surface area contributed by atoms with Gasteiger partial charge in [-0.2, -0.15) is 0 Å². The number of nitrogens with one attached hydrogen (secondary N) is 2. The van der Waals surface area contributed by atoms with E-state index >= 15 is 0 Å². The van der Waals surface area contributed by atoms with Gasteiger partial charge in [-0.15, -0.1) is 22.7 Å². The molecular weight excluding hydrogens is 362 g/mol. The maximum atomic E-state index is 12.4. The van der Waals surface area contributed by atoms with Gasteiger partial charge in [0.25, 0.3) is 11.8 Å². The van der Waals surface area contributed by atoms with E-state index in [1.807, 2.05) is 0 Å². The second kappa shape index (κ2) is 6.42. The van der Waals surface area contributed by atoms with E-state index in [0.717, 1.165) is 4.70 Å². The van der Waals surface area contributed by atoms with Gasteiger partial charge in [0.15, 0.2) is 5.01 Å². The summed E-state index contributed by atoms with van der Waals surface area (Å²) in [5.74, 6) is -0.804. The average Bonchev–Trinajstić information content (AvgIpc) is 3.34. The van der Waals surface area contributed by atoms with E-state index in [0.29, 0.717) is 21.1 Å². The predicted molar refractivity (Wildman–Crippen MR) is 94.1 cm³/mol. The van der Waals surface area contributed by atoms with Crippen molar-refractivity contribution in [2.45, 2.75) is 0 Å². The van der Waals surface area contributed by atoms with Gasteiger partial charge in [-0.1, -0.05) is 0 Å². The zero-order valence-electron chi connectivity index (χ0n) is 12.4. The Hall–Kier alpha value is -3.11. The van der Waals surface area contributed by atoms with Crippen molar-refractivity contribution in [3.8, 4) is 0 Å². The number of thiophene rings is 1. The SMILES string of the molecule is O=C(Nc1sccc1C(=O)Nc1ncco1)c1nc2cnccc2s1. The maximum Gasteiger partial charge on any atom is 0.301 e. The Kier molecular flexibility index (Phi) is 3.96. The van der Waals surface area contributed by atoms with Crippen LogP contribution in [0.4, 0.5) is 11.0 Å². The smallest absolute Gasteiger partial charge is 0.301 e. The van der Waals surface area contributed by atoms with Gasteiger partial charge in [0.05, 0.1) is 22.7 Å². The number of fused-ring (bicyclic) bond motifs is 1. The van der Waals surface area contributed by atoms with Crippen LogP contribution in [0.3, 0.4) is 0 Å². The number of amides is 2. The minimum absolute atomic E-state index is 0.0900. The molecule has 0 aliphatic rings. The van der Waals surface area contributed by atoms with Crippen LogP contribution in [0, 0.1) is 0 Å². The van der Waals surface area contributed by atoms with Gasteiger partial charge in [0.1, 0.15) is 16.8 Å². The van der Waals surface area contributed by atoms with Crippen molar-refractivity contribution in [2.24, 2.45) is 0 Å². The minimum Gasteiger partial charge on any atom is -0.432 e. The fourth-order valence-corrected chi connectivity index (χ4v) is 3.68. The van der Waals surface area contributed by atoms with Gasteiger partial charge < -0.3 is 9.73 Å². The van der Waals surface area contributed by atoms with Crippen molar-refractivity contribution < 1.29 is 14.0 Å². The summed E-state index contributed by atoms with van der Waals surface area (Å²) in [6.45, 7) is 0. The Morgan fingerprint density at radius 1 is 1.12 bits per heavy atom. The minimum atomic E-state index is -0.424. The van der Waals surface area contributed by atoms with E-state index < -0.39 is 5.91 Å². The van der Waals surface area contributed by atoms with Crippen molar-refractivity contribution in [1.82, 2.24) is 15.0 Å². The Labute approximate surface area is 148 Å². The van der Waals surface area contributed by atoms with Crippen molar-refractivity contribution in [1.29, 1.82) is 0 Å². The molecule has 10 heteroatoms. The van der Waals surface area contributed by atoms with Crippen LogP contribution < -0.4 is 10.6 Å². The van der Waals surface area contributed by atoms with E-state index in [1.54, 1.807) is 29.9 Å². The van der Waals surface area contributed by atoms with Gasteiger partial charge in [-0.05, 0) is 17.5 Å². The van der Waals surface area contributed by atoms with Crippen molar-refractivity contribution >= 4 is 55.7 Å². The number of anilines is 2. The lowest BCUT2D eigenvalue weighted by Gasteiger charge is -2.04. The van der Waals surface area contributed by atoms with Crippen LogP contribution in [0.2, 0.25) is 0 Å². The fraction of sp³-hybridized carbons (Fsp3) is 0. The Bertz CT molecular complexity index is 1020. The number of hydrogen-bond acceptors (Lipinski definition) is 8. The summed E-state index contributed by atoms with van der Waals surface area (Å²) in [5, 5.41) is 7.67. The molecule has 0 atom stereocenters. The summed E-state index contributed by atoms with van der Waals surface area (Å²) in [6, 6.07) is 3.50. The first-order valence-electron chi connectivity index (χ1n) is 7.01. The molecule has 124 valence electrons. The number of rotatable bonds is 4. The van der Waals surface area contributed by atoms with Crippen LogP contribution in [-0.4, -0.2) is 26.8 Å². The molecule has 0 unspecified atom stereocenters. The maximum absolute atomic E-state index is 12.4. The molecule has 0 bridgehead atoms. The summed E-state index contributed by atoms with van der Waals surface area (Å²) >= 11 is 2.50. The zero-order chi connectivity index (χ0) is 17.2. The number of oxazole rings is 1. The number of carbonyl (C=O) groups is 2. The van der Waals surface area contributed by atoms with Crippen LogP contribution in [0.1, 0.15) is 20.2 Å². The molecule has 4 aromatic heterocycles. The van der Waals surface area contributed by atoms with Crippen molar-refractivity contribution in [3.63, 3.8) is 0 Å². The number of pyridine rings is 1. The van der Waals surface area contributed by atoms with E-state index in [1.165, 1.54) is 35.1 Å². The zero-order valence-corrected chi connectivity index (χ0v) is 14.1. The van der Waals surface area contributed by atoms with Crippen molar-refractivity contribution in [3.05, 3.63) is 52.9 Å². The highest BCUT2D eigenvalue weighted by atomic mass is 32.1. The Balaban J connectivity index is 1.54. The normalized spacial score (nSPS) is 10.7. The molecule has 8 nitrogen and oxygen atoms in total. The van der Waals surface area contributed by atoms with Gasteiger partial charge in [-0.25, -0.2) is 9.97 Å². The quantitative estimate of drug-likeness (QED) is 0.570. The lowest BCUT2D eigenvalue weighted by Crippen LogP contribution is -2.16. The van der Waals surface area contributed by atoms with Crippen molar-refractivity contribution in [2.75, 3.05) is 10.6 Å². The van der Waals surface area contributed by atoms with Gasteiger partial charge in [0.2, 0.25) is 0 Å². The summed E-state index contributed by atoms with van der Waals surface area (Å²) in [4.78, 5) is 36.8. The lowest BCUT2D eigenvalue weighted by molar-refractivity contribution is 0.102. The molecule has 4 rings (SSSR count). The molecular formula is C15H9N5O3S2. The number of thiazole rings is 1. The lowest BCUT2D eigenvalue weighted by atomic mass is 10.3. The standard InChI is InChI=1S/C15H9N5O3S2/c21-11(20-15-17-4-5-23-15)8-2-6-24-13(8)19-12(22)14-18-9-7-16-3-1-10(9)25-14/h1-7H,(H,19,22)(H,17,20,21). The van der Waals surface area contributed by atoms with Crippen LogP contribution in [-0.2, 0) is 0 Å². The molecule has 25 heavy (non-hydrogen) atoms. The highest BCUT2D eigenvalue weighted by Crippen LogP contribution is 2.26. The number of aromatic nitrogens is 3. The summed E-state index contributed by atoms with van der Waals surface area (Å²) in [5.41, 5.74) is 0.977. The summed E-state index contributed by atoms with van der Waals surface area (Å²) in [6.07, 6.45) is 6.03. The molecule has 4 aromatic rings. The Morgan fingerprint density at radius 2 is 2.04 bits per heavy atom. The molecule has 2 amide bonds. The molecule has 0 aliphatic heterocycles. The van der Waals surface area contributed by atoms with Crippen LogP contribution in [0.15, 0.2) is 46.8 Å². The molecule has 2 N–H and O–H groups in total. The largest absolute Gasteiger partial charge is 0.432 e. The van der Waals surface area contributed by atoms with E-state index in [-0.39, 0.29) is 11.9 Å². The van der Waals surface area contributed by atoms with E-state index in [2.05, 4.69) is 25.6 Å². The summed E-state index contributed by atoms with van der Waals surface area (Å²) in [7, 11) is 0. The number of carbonyl (C=O) groups excluding carboxylic acids is 2. The van der Waals surface area contributed by atoms with E-state index in [9.17, 15) is 9.59 Å². The van der Waals surface area contributed by atoms with Crippen LogP contribution >= 0.6 is 22.7 Å². The van der Waals surface area contributed by atoms with Gasteiger partial charge in [0, 0.05) is 6.20 Å². The number of hydrogen-bond donors (Lipinski definition) is 2. The average molecular weight is 371 g/mol. The van der Waals surface area contributed by atoms with Gasteiger partial charge in [-0.3, -0.25) is 19.9 Å². The predicted octanol–water partition coefficient (Wildman–Crippen LogP) is 3.25. The second-order valence-electron chi connectivity index (χ2n) is 4.77. The molecule has 0 aliphatic carbocycles. The monoisotopic (exact) mass is 371 g/mol. The molecule has 0 spiro atoms. The topological polar surface area (TPSA) is 110 Å². The first kappa shape index (κ1) is 15.4. The second-order valence-corrected chi connectivity index (χ2v) is 6.72. The molecule has 0 fully saturated rings. The summed E-state index contributed by atoms with van der Waals surface area (Å²) < 4.78 is 5.85. The first-order chi connectivity index (χ1) is 12.2. The third-order valence-corrected chi connectivity index (χ3v) is 5.04. The molecule has 4 heterocycles. The van der Waals surface area contributed by atoms with Crippen LogP contribution in [0.25, 0.3) is 10.2 Å².